The van der Waals surface area contributed by atoms with E-state index in [1.54, 1.807) is 0 Å². The number of rotatable bonds is 4. The molecule has 0 amide bonds. The second-order valence-corrected chi connectivity index (χ2v) is 4.46. The molecule has 0 saturated carbocycles. The Morgan fingerprint density at radius 2 is 1.05 bits per heavy atom. The molecule has 20 heavy (non-hydrogen) atoms. The van der Waals surface area contributed by atoms with Gasteiger partial charge in [0.2, 0.25) is 0 Å². The summed E-state index contributed by atoms with van der Waals surface area (Å²) in [7, 11) is 0. The van der Waals surface area contributed by atoms with E-state index in [1.807, 2.05) is 0 Å². The number of benzene rings is 2. The Balaban J connectivity index is 2.20. The molecule has 0 aliphatic heterocycles. The van der Waals surface area contributed by atoms with Crippen LogP contribution in [0.3, 0.4) is 0 Å². The predicted molar refractivity (Wildman–Crippen MR) is 70.6 cm³/mol. The van der Waals surface area contributed by atoms with Crippen LogP contribution < -0.4 is 0 Å². The van der Waals surface area contributed by atoms with Crippen LogP contribution in [-0.2, 0) is 0 Å². The van der Waals surface area contributed by atoms with Crippen molar-refractivity contribution in [1.82, 2.24) is 0 Å². The Morgan fingerprint density at radius 1 is 0.750 bits per heavy atom. The van der Waals surface area contributed by atoms with E-state index in [4.69, 9.17) is 0 Å². The second kappa shape index (κ2) is 5.74. The summed E-state index contributed by atoms with van der Waals surface area (Å²) >= 11 is 0. The average molecular weight is 274 g/mol. The molecule has 102 valence electrons. The summed E-state index contributed by atoms with van der Waals surface area (Å²) in [5, 5.41) is 0. The number of carbonyl (C=O) groups is 2. The molecule has 2 aromatic carbocycles. The number of halogens is 2. The van der Waals surface area contributed by atoms with E-state index in [-0.39, 0.29) is 22.7 Å². The fourth-order valence-corrected chi connectivity index (χ4v) is 1.85. The van der Waals surface area contributed by atoms with Crippen LogP contribution in [0.2, 0.25) is 0 Å². The molecule has 0 aliphatic rings. The summed E-state index contributed by atoms with van der Waals surface area (Å²) in [6.07, 6.45) is 0. The van der Waals surface area contributed by atoms with Gasteiger partial charge < -0.3 is 0 Å². The smallest absolute Gasteiger partial charge is 0.173 e. The highest BCUT2D eigenvalue weighted by Gasteiger charge is 2.23. The summed E-state index contributed by atoms with van der Waals surface area (Å²) in [5.74, 6) is -2.57. The van der Waals surface area contributed by atoms with Crippen LogP contribution in [0.15, 0.2) is 48.5 Å². The number of ketones is 2. The standard InChI is InChI=1S/C16H12F2O2/c1-10(15(19)11-2-6-13(17)7-3-11)16(20)12-4-8-14(18)9-5-12/h2-10H,1H3. The number of carbonyl (C=O) groups excluding carboxylic acids is 2. The molecule has 2 nitrogen and oxygen atoms in total. The van der Waals surface area contributed by atoms with Gasteiger partial charge in [0, 0.05) is 11.1 Å². The van der Waals surface area contributed by atoms with Gasteiger partial charge in [0.05, 0.1) is 5.92 Å². The van der Waals surface area contributed by atoms with Crippen LogP contribution in [0.25, 0.3) is 0 Å². The number of hydrogen-bond donors (Lipinski definition) is 0. The predicted octanol–water partition coefficient (Wildman–Crippen LogP) is 3.67. The molecule has 0 atom stereocenters. The Morgan fingerprint density at radius 3 is 1.35 bits per heavy atom. The summed E-state index contributed by atoms with van der Waals surface area (Å²) < 4.78 is 25.6. The van der Waals surface area contributed by atoms with Gasteiger partial charge in [-0.2, -0.15) is 0 Å². The van der Waals surface area contributed by atoms with Gasteiger partial charge in [0.15, 0.2) is 11.6 Å². The van der Waals surface area contributed by atoms with Crippen molar-refractivity contribution >= 4 is 11.6 Å². The molecule has 0 aromatic heterocycles. The fourth-order valence-electron chi connectivity index (χ4n) is 1.85. The van der Waals surface area contributed by atoms with Crippen molar-refractivity contribution in [3.63, 3.8) is 0 Å². The van der Waals surface area contributed by atoms with Crippen LogP contribution in [0.4, 0.5) is 8.78 Å². The highest BCUT2D eigenvalue weighted by Crippen LogP contribution is 2.15. The first-order valence-electron chi connectivity index (χ1n) is 6.08. The SMILES string of the molecule is CC(C(=O)c1ccc(F)cc1)C(=O)c1ccc(F)cc1. The third-order valence-corrected chi connectivity index (χ3v) is 3.04. The molecular formula is C16H12F2O2. The van der Waals surface area contributed by atoms with E-state index in [9.17, 15) is 18.4 Å². The van der Waals surface area contributed by atoms with Crippen molar-refractivity contribution in [1.29, 1.82) is 0 Å². The fraction of sp³-hybridized carbons (Fsp3) is 0.125. The van der Waals surface area contributed by atoms with Gasteiger partial charge in [-0.05, 0) is 55.5 Å². The van der Waals surface area contributed by atoms with Gasteiger partial charge in [-0.3, -0.25) is 9.59 Å². The lowest BCUT2D eigenvalue weighted by molar-refractivity contribution is 0.0820. The maximum absolute atomic E-state index is 12.8. The largest absolute Gasteiger partial charge is 0.293 e. The molecule has 0 heterocycles. The third-order valence-electron chi connectivity index (χ3n) is 3.04. The molecular weight excluding hydrogens is 262 g/mol. The van der Waals surface area contributed by atoms with Gasteiger partial charge in [-0.25, -0.2) is 8.78 Å². The van der Waals surface area contributed by atoms with Crippen LogP contribution in [0.5, 0.6) is 0 Å². The van der Waals surface area contributed by atoms with Crippen molar-refractivity contribution in [3.8, 4) is 0 Å². The van der Waals surface area contributed by atoms with Crippen LogP contribution >= 0.6 is 0 Å². The average Bonchev–Trinajstić information content (AvgIpc) is 2.46. The third kappa shape index (κ3) is 2.96. The molecule has 0 fully saturated rings. The molecule has 0 unspecified atom stereocenters. The van der Waals surface area contributed by atoms with E-state index in [2.05, 4.69) is 0 Å². The Hall–Kier alpha value is -2.36. The molecule has 4 heteroatoms. The molecule has 2 aromatic rings. The first kappa shape index (κ1) is 14.1. The quantitative estimate of drug-likeness (QED) is 0.629. The Labute approximate surface area is 115 Å². The summed E-state index contributed by atoms with van der Waals surface area (Å²) in [6.45, 7) is 1.48. The highest BCUT2D eigenvalue weighted by atomic mass is 19.1. The van der Waals surface area contributed by atoms with Crippen molar-refractivity contribution in [2.24, 2.45) is 5.92 Å². The van der Waals surface area contributed by atoms with Crippen LogP contribution in [0, 0.1) is 17.6 Å². The molecule has 0 spiro atoms. The lowest BCUT2D eigenvalue weighted by atomic mass is 9.91. The molecule has 0 aliphatic carbocycles. The Kier molecular flexibility index (Phi) is 4.03. The minimum absolute atomic E-state index is 0.273. The minimum atomic E-state index is -0.897. The molecule has 2 rings (SSSR count). The maximum Gasteiger partial charge on any atom is 0.173 e. The van der Waals surface area contributed by atoms with Crippen molar-refractivity contribution in [3.05, 3.63) is 71.3 Å². The van der Waals surface area contributed by atoms with E-state index < -0.39 is 17.6 Å². The summed E-state index contributed by atoms with van der Waals surface area (Å²) in [5.41, 5.74) is 0.545. The molecule has 0 saturated heterocycles. The van der Waals surface area contributed by atoms with Gasteiger partial charge in [0.1, 0.15) is 11.6 Å². The maximum atomic E-state index is 12.8. The zero-order valence-corrected chi connectivity index (χ0v) is 10.8. The second-order valence-electron chi connectivity index (χ2n) is 4.46. The minimum Gasteiger partial charge on any atom is -0.293 e. The zero-order chi connectivity index (χ0) is 14.7. The summed E-state index contributed by atoms with van der Waals surface area (Å²) in [6, 6.07) is 10.0. The normalized spacial score (nSPS) is 10.6. The zero-order valence-electron chi connectivity index (χ0n) is 10.8. The lowest BCUT2D eigenvalue weighted by Gasteiger charge is -2.09. The van der Waals surface area contributed by atoms with Crippen molar-refractivity contribution in [2.45, 2.75) is 6.92 Å². The van der Waals surface area contributed by atoms with E-state index >= 15 is 0 Å². The van der Waals surface area contributed by atoms with Crippen molar-refractivity contribution in [2.75, 3.05) is 0 Å². The first-order valence-corrected chi connectivity index (χ1v) is 6.08. The van der Waals surface area contributed by atoms with Crippen LogP contribution in [0.1, 0.15) is 27.6 Å². The Bertz CT molecular complexity index is 573. The van der Waals surface area contributed by atoms with E-state index in [1.165, 1.54) is 55.5 Å². The molecule has 0 N–H and O–H groups in total. The monoisotopic (exact) mass is 274 g/mol. The molecule has 0 bridgehead atoms. The molecule has 0 radical (unpaired) electrons. The highest BCUT2D eigenvalue weighted by molar-refractivity contribution is 6.15. The van der Waals surface area contributed by atoms with Gasteiger partial charge in [-0.1, -0.05) is 0 Å². The number of hydrogen-bond acceptors (Lipinski definition) is 2. The number of Topliss-reactive ketones (excluding diaryl/α,β-unsaturated/α-hetero) is 2. The van der Waals surface area contributed by atoms with Gasteiger partial charge in [0.25, 0.3) is 0 Å². The van der Waals surface area contributed by atoms with Gasteiger partial charge in [-0.15, -0.1) is 0 Å². The van der Waals surface area contributed by atoms with Crippen molar-refractivity contribution < 1.29 is 18.4 Å². The summed E-state index contributed by atoms with van der Waals surface area (Å²) in [4.78, 5) is 24.2. The van der Waals surface area contributed by atoms with Gasteiger partial charge >= 0.3 is 0 Å². The van der Waals surface area contributed by atoms with Crippen LogP contribution in [-0.4, -0.2) is 11.6 Å². The van der Waals surface area contributed by atoms with E-state index in [0.717, 1.165) is 0 Å². The first-order chi connectivity index (χ1) is 9.49. The topological polar surface area (TPSA) is 34.1 Å². The lowest BCUT2D eigenvalue weighted by Crippen LogP contribution is -2.21. The van der Waals surface area contributed by atoms with E-state index in [0.29, 0.717) is 0 Å².